The molecule has 0 unspecified atom stereocenters. The Labute approximate surface area is 126 Å². The van der Waals surface area contributed by atoms with Crippen molar-refractivity contribution in [1.82, 2.24) is 9.38 Å². The van der Waals surface area contributed by atoms with Crippen LogP contribution in [-0.2, 0) is 0 Å². The van der Waals surface area contributed by atoms with Crippen LogP contribution in [0.25, 0.3) is 27.7 Å². The lowest BCUT2D eigenvalue weighted by Gasteiger charge is -2.07. The molecule has 4 heteroatoms. The molecule has 0 aliphatic heterocycles. The molecule has 4 rings (SSSR count). The molecule has 22 heavy (non-hydrogen) atoms. The molecule has 0 saturated carbocycles. The van der Waals surface area contributed by atoms with Gasteiger partial charge in [-0.25, -0.2) is 4.98 Å². The van der Waals surface area contributed by atoms with E-state index in [-0.39, 0.29) is 0 Å². The van der Waals surface area contributed by atoms with Crippen molar-refractivity contribution in [3.05, 3.63) is 72.6 Å². The van der Waals surface area contributed by atoms with Crippen molar-refractivity contribution >= 4 is 22.3 Å². The second-order valence-electron chi connectivity index (χ2n) is 5.15. The van der Waals surface area contributed by atoms with Crippen molar-refractivity contribution < 1.29 is 4.79 Å². The third-order valence-electron chi connectivity index (χ3n) is 3.85. The number of rotatable bonds is 2. The lowest BCUT2D eigenvalue weighted by molar-refractivity contribution is 0.100. The molecule has 0 bridgehead atoms. The highest BCUT2D eigenvalue weighted by Crippen LogP contribution is 2.28. The average Bonchev–Trinajstić information content (AvgIpc) is 2.99. The number of carbonyl (C=O) groups excluding carboxylic acids is 1. The molecule has 2 heterocycles. The lowest BCUT2D eigenvalue weighted by Crippen LogP contribution is -2.12. The summed E-state index contributed by atoms with van der Waals surface area (Å²) in [4.78, 5) is 16.3. The third kappa shape index (κ3) is 1.78. The summed E-state index contributed by atoms with van der Waals surface area (Å²) < 4.78 is 1.99. The van der Waals surface area contributed by atoms with Gasteiger partial charge in [0.15, 0.2) is 0 Å². The minimum atomic E-state index is -0.432. The van der Waals surface area contributed by atoms with Crippen molar-refractivity contribution in [2.24, 2.45) is 5.73 Å². The van der Waals surface area contributed by atoms with Gasteiger partial charge < -0.3 is 5.73 Å². The number of nitrogens with zero attached hydrogens (tertiary/aromatic N) is 2. The summed E-state index contributed by atoms with van der Waals surface area (Å²) in [5, 5.41) is 0.833. The summed E-state index contributed by atoms with van der Waals surface area (Å²) in [5.41, 5.74) is 9.72. The van der Waals surface area contributed by atoms with E-state index in [4.69, 9.17) is 5.73 Å². The van der Waals surface area contributed by atoms with E-state index in [0.29, 0.717) is 5.56 Å². The zero-order chi connectivity index (χ0) is 15.1. The highest BCUT2D eigenvalue weighted by atomic mass is 16.1. The molecule has 1 amide bonds. The number of primary amides is 1. The Balaban J connectivity index is 2.14. The largest absolute Gasteiger partial charge is 0.366 e. The van der Waals surface area contributed by atoms with E-state index < -0.39 is 5.91 Å². The van der Waals surface area contributed by atoms with Crippen LogP contribution in [0.1, 0.15) is 10.4 Å². The molecule has 0 spiro atoms. The fourth-order valence-corrected chi connectivity index (χ4v) is 2.84. The predicted molar refractivity (Wildman–Crippen MR) is 86.7 cm³/mol. The Kier molecular flexibility index (Phi) is 2.69. The number of hydrogen-bond donors (Lipinski definition) is 1. The van der Waals surface area contributed by atoms with Gasteiger partial charge in [0.2, 0.25) is 5.91 Å². The molecule has 4 nitrogen and oxygen atoms in total. The number of hydrogen-bond acceptors (Lipinski definition) is 2. The second kappa shape index (κ2) is 4.70. The molecule has 0 saturated heterocycles. The van der Waals surface area contributed by atoms with Gasteiger partial charge in [0.25, 0.3) is 0 Å². The first-order valence-electron chi connectivity index (χ1n) is 7.00. The Bertz CT molecular complexity index is 1000. The zero-order valence-electron chi connectivity index (χ0n) is 11.7. The third-order valence-corrected chi connectivity index (χ3v) is 3.85. The molecule has 0 radical (unpaired) electrons. The van der Waals surface area contributed by atoms with Gasteiger partial charge in [0.05, 0.1) is 22.3 Å². The van der Waals surface area contributed by atoms with E-state index in [2.05, 4.69) is 4.98 Å². The van der Waals surface area contributed by atoms with Crippen molar-refractivity contribution in [3.8, 4) is 11.3 Å². The quantitative estimate of drug-likeness (QED) is 0.615. The van der Waals surface area contributed by atoms with Crippen LogP contribution >= 0.6 is 0 Å². The molecule has 2 N–H and O–H groups in total. The summed E-state index contributed by atoms with van der Waals surface area (Å²) in [6.07, 6.45) is 1.78. The minimum absolute atomic E-state index is 0.432. The molecule has 106 valence electrons. The number of aromatic nitrogens is 2. The van der Waals surface area contributed by atoms with Gasteiger partial charge in [-0.05, 0) is 12.1 Å². The van der Waals surface area contributed by atoms with Gasteiger partial charge in [-0.1, -0.05) is 48.5 Å². The van der Waals surface area contributed by atoms with Crippen molar-refractivity contribution in [1.29, 1.82) is 0 Å². The Morgan fingerprint density at radius 3 is 2.45 bits per heavy atom. The normalized spacial score (nSPS) is 11.1. The van der Waals surface area contributed by atoms with Gasteiger partial charge in [-0.2, -0.15) is 0 Å². The smallest absolute Gasteiger partial charge is 0.249 e. The molecular formula is C18H13N3O. The molecule has 2 aromatic heterocycles. The lowest BCUT2D eigenvalue weighted by atomic mass is 10.1. The molecule has 0 aliphatic carbocycles. The van der Waals surface area contributed by atoms with Crippen LogP contribution in [0.3, 0.4) is 0 Å². The predicted octanol–water partition coefficient (Wildman–Crippen LogP) is 3.25. The first-order valence-corrected chi connectivity index (χ1v) is 7.00. The maximum atomic E-state index is 11.8. The average molecular weight is 287 g/mol. The number of fused-ring (bicyclic) bond motifs is 3. The maximum Gasteiger partial charge on any atom is 0.249 e. The summed E-state index contributed by atoms with van der Waals surface area (Å²) in [6.45, 7) is 0. The maximum absolute atomic E-state index is 11.8. The fourth-order valence-electron chi connectivity index (χ4n) is 2.84. The van der Waals surface area contributed by atoms with E-state index >= 15 is 0 Å². The molecule has 0 fully saturated rings. The monoisotopic (exact) mass is 287 g/mol. The first kappa shape index (κ1) is 12.6. The standard InChI is InChI=1S/C18H13N3O/c19-18(22)14-10-16-17(12-6-2-1-3-7-12)20-11-21(16)15-9-5-4-8-13(14)15/h1-11H,(H2,19,22). The van der Waals surface area contributed by atoms with Crippen LogP contribution in [0, 0.1) is 0 Å². The van der Waals surface area contributed by atoms with Crippen LogP contribution < -0.4 is 5.73 Å². The molecule has 0 atom stereocenters. The second-order valence-corrected chi connectivity index (χ2v) is 5.15. The number of para-hydroxylation sites is 1. The summed E-state index contributed by atoms with van der Waals surface area (Å²) in [5.74, 6) is -0.432. The van der Waals surface area contributed by atoms with Crippen molar-refractivity contribution in [2.75, 3.05) is 0 Å². The SMILES string of the molecule is NC(=O)c1cc2c(-c3ccccc3)ncn2c2ccccc12. The van der Waals surface area contributed by atoms with Gasteiger partial charge in [-0.3, -0.25) is 9.20 Å². The van der Waals surface area contributed by atoms with Crippen molar-refractivity contribution in [2.45, 2.75) is 0 Å². The summed E-state index contributed by atoms with van der Waals surface area (Å²) in [6, 6.07) is 19.4. The van der Waals surface area contributed by atoms with E-state index in [1.807, 2.05) is 65.1 Å². The van der Waals surface area contributed by atoms with Crippen molar-refractivity contribution in [3.63, 3.8) is 0 Å². The number of benzene rings is 2. The number of amides is 1. The summed E-state index contributed by atoms with van der Waals surface area (Å²) >= 11 is 0. The van der Waals surface area contributed by atoms with Gasteiger partial charge in [0.1, 0.15) is 6.33 Å². The van der Waals surface area contributed by atoms with Crippen LogP contribution in [0.5, 0.6) is 0 Å². The Morgan fingerprint density at radius 2 is 1.68 bits per heavy atom. The van der Waals surface area contributed by atoms with Gasteiger partial charge >= 0.3 is 0 Å². The zero-order valence-corrected chi connectivity index (χ0v) is 11.7. The molecule has 0 aliphatic rings. The minimum Gasteiger partial charge on any atom is -0.366 e. The Morgan fingerprint density at radius 1 is 0.955 bits per heavy atom. The summed E-state index contributed by atoms with van der Waals surface area (Å²) in [7, 11) is 0. The number of pyridine rings is 1. The van der Waals surface area contributed by atoms with Crippen LogP contribution in [0.4, 0.5) is 0 Å². The van der Waals surface area contributed by atoms with Gasteiger partial charge in [-0.15, -0.1) is 0 Å². The fraction of sp³-hybridized carbons (Fsp3) is 0. The molecule has 2 aromatic carbocycles. The number of carbonyl (C=O) groups is 1. The van der Waals surface area contributed by atoms with E-state index in [1.54, 1.807) is 6.33 Å². The van der Waals surface area contributed by atoms with Crippen LogP contribution in [-0.4, -0.2) is 15.3 Å². The highest BCUT2D eigenvalue weighted by molar-refractivity contribution is 6.07. The van der Waals surface area contributed by atoms with Crippen LogP contribution in [0.2, 0.25) is 0 Å². The van der Waals surface area contributed by atoms with E-state index in [0.717, 1.165) is 27.7 Å². The first-order chi connectivity index (χ1) is 10.8. The van der Waals surface area contributed by atoms with Gasteiger partial charge in [0, 0.05) is 10.9 Å². The highest BCUT2D eigenvalue weighted by Gasteiger charge is 2.14. The topological polar surface area (TPSA) is 60.4 Å². The van der Waals surface area contributed by atoms with Crippen LogP contribution in [0.15, 0.2) is 67.0 Å². The van der Waals surface area contributed by atoms with E-state index in [9.17, 15) is 4.79 Å². The molecular weight excluding hydrogens is 274 g/mol. The number of nitrogens with two attached hydrogens (primary N) is 1. The number of imidazole rings is 1. The Hall–Kier alpha value is -3.14. The molecule has 4 aromatic rings. The van der Waals surface area contributed by atoms with E-state index in [1.165, 1.54) is 0 Å².